The zero-order chi connectivity index (χ0) is 39.9. The number of hydrogen-bond acceptors (Lipinski definition) is 9. The molecule has 9 nitrogen and oxygen atoms in total. The molecule has 3 unspecified atom stereocenters. The monoisotopic (exact) mass is 769 g/mol. The van der Waals surface area contributed by atoms with E-state index in [9.17, 15) is 19.5 Å². The molecule has 0 fully saturated rings. The van der Waals surface area contributed by atoms with Crippen molar-refractivity contribution in [2.24, 2.45) is 5.73 Å². The maximum atomic E-state index is 13.0. The van der Waals surface area contributed by atoms with Gasteiger partial charge in [-0.1, -0.05) is 174 Å². The number of carbonyl (C=O) groups excluding carboxylic acids is 3. The average molecular weight is 769 g/mol. The Balaban J connectivity index is 4.67. The highest BCUT2D eigenvalue weighted by atomic mass is 16.6. The molecule has 0 rings (SSSR count). The summed E-state index contributed by atoms with van der Waals surface area (Å²) < 4.78 is 16.3. The molecule has 0 aromatic carbocycles. The minimum Gasteiger partial charge on any atom is -0.468 e. The fourth-order valence-electron chi connectivity index (χ4n) is 7.09. The fraction of sp³-hybridized carbons (Fsp3) is 0.933. The van der Waals surface area contributed by atoms with E-state index in [-0.39, 0.29) is 18.5 Å². The Morgan fingerprint density at radius 3 is 1.39 bits per heavy atom. The highest BCUT2D eigenvalue weighted by molar-refractivity contribution is 5.75. The van der Waals surface area contributed by atoms with Gasteiger partial charge >= 0.3 is 17.9 Å². The second kappa shape index (κ2) is 39.5. The first kappa shape index (κ1) is 52.3. The zero-order valence-electron chi connectivity index (χ0n) is 35.9. The molecule has 0 aromatic rings. The lowest BCUT2D eigenvalue weighted by atomic mass is 10.0. The van der Waals surface area contributed by atoms with Gasteiger partial charge in [-0.25, -0.2) is 0 Å². The van der Waals surface area contributed by atoms with E-state index in [0.717, 1.165) is 44.9 Å². The van der Waals surface area contributed by atoms with Gasteiger partial charge in [-0.3, -0.25) is 19.3 Å². The highest BCUT2D eigenvalue weighted by Crippen LogP contribution is 2.16. The molecular formula is C45H88N2O7. The zero-order valence-corrected chi connectivity index (χ0v) is 35.9. The van der Waals surface area contributed by atoms with E-state index in [2.05, 4.69) is 13.8 Å². The number of aliphatic hydroxyl groups is 1. The van der Waals surface area contributed by atoms with Crippen LogP contribution in [0.25, 0.3) is 0 Å². The second-order valence-corrected chi connectivity index (χ2v) is 16.0. The van der Waals surface area contributed by atoms with E-state index in [1.165, 1.54) is 136 Å². The largest absolute Gasteiger partial charge is 0.468 e. The minimum atomic E-state index is -0.659. The summed E-state index contributed by atoms with van der Waals surface area (Å²) >= 11 is 0. The van der Waals surface area contributed by atoms with Crippen LogP contribution in [0.4, 0.5) is 0 Å². The predicted octanol–water partition coefficient (Wildman–Crippen LogP) is 10.8. The van der Waals surface area contributed by atoms with Gasteiger partial charge < -0.3 is 25.1 Å². The van der Waals surface area contributed by atoms with Crippen molar-refractivity contribution in [3.05, 3.63) is 0 Å². The molecule has 9 heteroatoms. The topological polar surface area (TPSA) is 128 Å². The predicted molar refractivity (Wildman–Crippen MR) is 223 cm³/mol. The van der Waals surface area contributed by atoms with Crippen molar-refractivity contribution >= 4 is 17.9 Å². The van der Waals surface area contributed by atoms with Crippen molar-refractivity contribution in [3.63, 3.8) is 0 Å². The molecule has 0 radical (unpaired) electrons. The van der Waals surface area contributed by atoms with Crippen LogP contribution in [-0.4, -0.2) is 79.5 Å². The van der Waals surface area contributed by atoms with Crippen molar-refractivity contribution in [1.29, 1.82) is 0 Å². The highest BCUT2D eigenvalue weighted by Gasteiger charge is 2.22. The smallest absolute Gasteiger partial charge is 0.322 e. The van der Waals surface area contributed by atoms with Crippen LogP contribution in [0.3, 0.4) is 0 Å². The Labute approximate surface area is 333 Å². The molecule has 0 amide bonds. The Morgan fingerprint density at radius 2 is 0.981 bits per heavy atom. The van der Waals surface area contributed by atoms with Gasteiger partial charge in [0, 0.05) is 25.9 Å². The summed E-state index contributed by atoms with van der Waals surface area (Å²) in [5.41, 5.74) is 5.90. The van der Waals surface area contributed by atoms with Gasteiger partial charge in [0.2, 0.25) is 0 Å². The summed E-state index contributed by atoms with van der Waals surface area (Å²) in [4.78, 5) is 39.4. The summed E-state index contributed by atoms with van der Waals surface area (Å²) in [5, 5.41) is 10.2. The van der Waals surface area contributed by atoms with Crippen LogP contribution in [0, 0.1) is 0 Å². The number of hydrogen-bond donors (Lipinski definition) is 2. The Kier molecular flexibility index (Phi) is 38.3. The summed E-state index contributed by atoms with van der Waals surface area (Å²) in [6.07, 6.45) is 33.9. The molecule has 0 aliphatic carbocycles. The molecule has 0 spiro atoms. The number of rotatable bonds is 41. The number of esters is 3. The van der Waals surface area contributed by atoms with E-state index in [1.807, 2.05) is 4.90 Å². The van der Waals surface area contributed by atoms with Crippen LogP contribution in [-0.2, 0) is 28.6 Å². The van der Waals surface area contributed by atoms with Gasteiger partial charge in [-0.05, 0) is 39.2 Å². The van der Waals surface area contributed by atoms with Gasteiger partial charge in [-0.15, -0.1) is 0 Å². The third kappa shape index (κ3) is 36.0. The van der Waals surface area contributed by atoms with Crippen molar-refractivity contribution < 1.29 is 33.7 Å². The third-order valence-corrected chi connectivity index (χ3v) is 10.4. The summed E-state index contributed by atoms with van der Waals surface area (Å²) in [6.45, 7) is 7.62. The lowest BCUT2D eigenvalue weighted by molar-refractivity contribution is -0.160. The van der Waals surface area contributed by atoms with Crippen LogP contribution in [0.15, 0.2) is 0 Å². The normalized spacial score (nSPS) is 13.2. The van der Waals surface area contributed by atoms with Crippen LogP contribution in [0.1, 0.15) is 220 Å². The number of nitrogens with two attached hydrogens (primary N) is 1. The Bertz CT molecular complexity index is 856. The van der Waals surface area contributed by atoms with Crippen LogP contribution in [0.5, 0.6) is 0 Å². The number of methoxy groups -OCH3 is 1. The van der Waals surface area contributed by atoms with E-state index < -0.39 is 24.2 Å². The van der Waals surface area contributed by atoms with Gasteiger partial charge in [0.25, 0.3) is 0 Å². The molecular weight excluding hydrogens is 681 g/mol. The number of unbranched alkanes of at least 4 members (excludes halogenated alkanes) is 25. The lowest BCUT2D eigenvalue weighted by Gasteiger charge is -2.28. The SMILES string of the molecule is CCCCCCCCCCCCCCCC(=O)OCC(CN(CCCCC(N)C(=O)OC)CC(C)O)OC(=O)CCCCCCCCCCCCCCC. The van der Waals surface area contributed by atoms with Gasteiger partial charge in [-0.2, -0.15) is 0 Å². The summed E-state index contributed by atoms with van der Waals surface area (Å²) in [6, 6.07) is -0.659. The van der Waals surface area contributed by atoms with Gasteiger partial charge in [0.1, 0.15) is 18.8 Å². The lowest BCUT2D eigenvalue weighted by Crippen LogP contribution is -2.42. The molecule has 320 valence electrons. The number of ether oxygens (including phenoxy) is 3. The van der Waals surface area contributed by atoms with Crippen LogP contribution in [0.2, 0.25) is 0 Å². The fourth-order valence-corrected chi connectivity index (χ4v) is 7.09. The molecule has 0 saturated carbocycles. The summed E-state index contributed by atoms with van der Waals surface area (Å²) in [5.74, 6) is -0.946. The van der Waals surface area contributed by atoms with Crippen LogP contribution >= 0.6 is 0 Å². The number of nitrogens with zero attached hydrogens (tertiary/aromatic N) is 1. The van der Waals surface area contributed by atoms with Crippen LogP contribution < -0.4 is 5.73 Å². The minimum absolute atomic E-state index is 0.00511. The summed E-state index contributed by atoms with van der Waals surface area (Å²) in [7, 11) is 1.33. The van der Waals surface area contributed by atoms with Gasteiger partial charge in [0.15, 0.2) is 0 Å². The molecule has 0 aliphatic heterocycles. The second-order valence-electron chi connectivity index (χ2n) is 16.0. The molecule has 3 N–H and O–H groups in total. The van der Waals surface area contributed by atoms with Gasteiger partial charge in [0.05, 0.1) is 13.2 Å². The quantitative estimate of drug-likeness (QED) is 0.0355. The first-order chi connectivity index (χ1) is 26.2. The maximum absolute atomic E-state index is 13.0. The standard InChI is InChI=1S/C45H88N2O7/c1-5-7-9-11-13-15-17-19-21-23-25-27-29-34-43(49)53-39-41(38-47(37-40(3)48)36-32-31-33-42(46)45(51)52-4)54-44(50)35-30-28-26-24-22-20-18-16-14-12-10-8-6-2/h40-42,48H,5-39,46H2,1-4H3. The first-order valence-electron chi connectivity index (χ1n) is 22.8. The number of carbonyl (C=O) groups is 3. The van der Waals surface area contributed by atoms with E-state index in [1.54, 1.807) is 6.92 Å². The molecule has 0 saturated heterocycles. The molecule has 0 aliphatic rings. The molecule has 3 atom stereocenters. The van der Waals surface area contributed by atoms with Crippen molar-refractivity contribution in [1.82, 2.24) is 4.90 Å². The van der Waals surface area contributed by atoms with E-state index in [0.29, 0.717) is 45.3 Å². The van der Waals surface area contributed by atoms with Crippen molar-refractivity contribution in [2.45, 2.75) is 238 Å². The van der Waals surface area contributed by atoms with Crippen molar-refractivity contribution in [3.8, 4) is 0 Å². The first-order valence-corrected chi connectivity index (χ1v) is 22.8. The molecule has 0 aromatic heterocycles. The molecule has 0 heterocycles. The van der Waals surface area contributed by atoms with Crippen molar-refractivity contribution in [2.75, 3.05) is 33.4 Å². The average Bonchev–Trinajstić information content (AvgIpc) is 3.15. The number of aliphatic hydroxyl groups excluding tert-OH is 1. The molecule has 0 bridgehead atoms. The Hall–Kier alpha value is -1.71. The molecule has 54 heavy (non-hydrogen) atoms. The van der Waals surface area contributed by atoms with E-state index >= 15 is 0 Å². The third-order valence-electron chi connectivity index (χ3n) is 10.4. The maximum Gasteiger partial charge on any atom is 0.322 e. The van der Waals surface area contributed by atoms with E-state index in [4.69, 9.17) is 19.9 Å². The Morgan fingerprint density at radius 1 is 0.574 bits per heavy atom.